The summed E-state index contributed by atoms with van der Waals surface area (Å²) in [6.07, 6.45) is 0. The first-order valence-corrected chi connectivity index (χ1v) is 4.76. The average molecular weight is 216 g/mol. The van der Waals surface area contributed by atoms with Crippen LogP contribution in [0.25, 0.3) is 0 Å². The maximum absolute atomic E-state index is 9.33. The Morgan fingerprint density at radius 1 is 1.46 bits per heavy atom. The molecule has 2 atom stereocenters. The minimum Gasteiger partial charge on any atom is -0.395 e. The van der Waals surface area contributed by atoms with Gasteiger partial charge in [0.15, 0.2) is 0 Å². The van der Waals surface area contributed by atoms with Crippen LogP contribution in [0.4, 0.5) is 0 Å². The number of hydrogen-bond donors (Lipinski definition) is 4. The Kier molecular flexibility index (Phi) is 8.42. The Morgan fingerprint density at radius 2 is 1.77 bits per heavy atom. The molecule has 82 valence electrons. The highest BCUT2D eigenvalue weighted by Crippen LogP contribution is 1.79. The number of aliphatic hydroxyl groups excluding tert-OH is 1. The van der Waals surface area contributed by atoms with E-state index in [1.807, 2.05) is 0 Å². The van der Waals surface area contributed by atoms with Gasteiger partial charge in [-0.25, -0.2) is 0 Å². The van der Waals surface area contributed by atoms with E-state index in [0.717, 1.165) is 7.11 Å². The lowest BCUT2D eigenvalue weighted by molar-refractivity contribution is 0.253. The largest absolute Gasteiger partial charge is 0.397 e. The van der Waals surface area contributed by atoms with E-state index in [4.69, 9.17) is 21.1 Å². The molecule has 0 fully saturated rings. The molecule has 0 rings (SSSR count). The number of hydrogen-bond acceptors (Lipinski definition) is 6. The molecule has 0 aromatic heterocycles. The van der Waals surface area contributed by atoms with Crippen molar-refractivity contribution in [3.8, 4) is 0 Å². The van der Waals surface area contributed by atoms with Crippen LogP contribution in [0.3, 0.4) is 0 Å². The van der Waals surface area contributed by atoms with Crippen LogP contribution < -0.4 is 11.5 Å². The molecule has 0 aliphatic heterocycles. The van der Waals surface area contributed by atoms with Crippen molar-refractivity contribution in [2.24, 2.45) is 11.5 Å². The molecule has 8 heteroatoms. The fraction of sp³-hybridized carbons (Fsp3) is 1.00. The molecule has 0 aromatic rings. The molecule has 0 aromatic carbocycles. The van der Waals surface area contributed by atoms with Crippen LogP contribution in [0.1, 0.15) is 6.92 Å². The molecule has 0 aliphatic rings. The summed E-state index contributed by atoms with van der Waals surface area (Å²) in [6.45, 7) is 1.73. The smallest absolute Gasteiger partial charge is 0.395 e. The van der Waals surface area contributed by atoms with Gasteiger partial charge in [0.2, 0.25) is 0 Å². The van der Waals surface area contributed by atoms with Crippen LogP contribution in [0.2, 0.25) is 0 Å². The van der Waals surface area contributed by atoms with Crippen molar-refractivity contribution < 1.29 is 22.3 Å². The van der Waals surface area contributed by atoms with Gasteiger partial charge in [0, 0.05) is 12.1 Å². The second kappa shape index (κ2) is 7.18. The highest BCUT2D eigenvalue weighted by molar-refractivity contribution is 7.80. The third-order valence-electron chi connectivity index (χ3n) is 1.10. The monoisotopic (exact) mass is 216 g/mol. The van der Waals surface area contributed by atoms with Gasteiger partial charge < -0.3 is 16.6 Å². The highest BCUT2D eigenvalue weighted by Gasteiger charge is 2.03. The van der Waals surface area contributed by atoms with Crippen molar-refractivity contribution >= 4 is 10.4 Å². The Labute approximate surface area is 77.6 Å². The highest BCUT2D eigenvalue weighted by atomic mass is 32.3. The van der Waals surface area contributed by atoms with Gasteiger partial charge in [-0.1, -0.05) is 0 Å². The summed E-state index contributed by atoms with van der Waals surface area (Å²) < 4.78 is 29.7. The van der Waals surface area contributed by atoms with E-state index in [0.29, 0.717) is 0 Å². The summed E-state index contributed by atoms with van der Waals surface area (Å²) in [5, 5.41) is 8.30. The average Bonchev–Trinajstić information content (AvgIpc) is 2.02. The van der Waals surface area contributed by atoms with Gasteiger partial charge in [0.05, 0.1) is 13.7 Å². The molecule has 2 unspecified atom stereocenters. The van der Waals surface area contributed by atoms with Crippen molar-refractivity contribution in [1.82, 2.24) is 0 Å². The first-order valence-electron chi connectivity index (χ1n) is 3.39. The number of nitrogens with two attached hydrogens (primary N) is 2. The van der Waals surface area contributed by atoms with Crippen LogP contribution in [0, 0.1) is 0 Å². The van der Waals surface area contributed by atoms with Gasteiger partial charge in [-0.2, -0.15) is 8.42 Å². The van der Waals surface area contributed by atoms with Crippen LogP contribution in [-0.4, -0.2) is 43.9 Å². The van der Waals surface area contributed by atoms with Crippen LogP contribution in [0.5, 0.6) is 0 Å². The van der Waals surface area contributed by atoms with Crippen LogP contribution >= 0.6 is 0 Å². The molecule has 0 spiro atoms. The van der Waals surface area contributed by atoms with Gasteiger partial charge in [-0.05, 0) is 6.92 Å². The fourth-order valence-electron chi connectivity index (χ4n) is 0.166. The van der Waals surface area contributed by atoms with Gasteiger partial charge in [-0.15, -0.1) is 0 Å². The molecule has 0 saturated heterocycles. The lowest BCUT2D eigenvalue weighted by atomic mass is 10.2. The molecule has 13 heavy (non-hydrogen) atoms. The molecule has 0 radical (unpaired) electrons. The summed E-state index contributed by atoms with van der Waals surface area (Å²) in [4.78, 5) is 0. The molecule has 0 saturated carbocycles. The minimum absolute atomic E-state index is 0.0301. The van der Waals surface area contributed by atoms with Gasteiger partial charge in [0.25, 0.3) is 0 Å². The maximum atomic E-state index is 9.33. The van der Waals surface area contributed by atoms with E-state index in [1.165, 1.54) is 0 Å². The molecule has 0 heterocycles. The SMILES string of the molecule is CC(N)C(N)CO.COS(=O)(=O)O. The molecule has 7 nitrogen and oxygen atoms in total. The van der Waals surface area contributed by atoms with E-state index in [-0.39, 0.29) is 18.7 Å². The first kappa shape index (κ1) is 15.2. The predicted molar refractivity (Wildman–Crippen MR) is 47.3 cm³/mol. The zero-order chi connectivity index (χ0) is 11.1. The molecule has 0 bridgehead atoms. The zero-order valence-corrected chi connectivity index (χ0v) is 8.36. The molecular formula is C5H16N2O5S. The third kappa shape index (κ3) is 14.6. The minimum atomic E-state index is -4.16. The molecule has 0 amide bonds. The summed E-state index contributed by atoms with van der Waals surface area (Å²) in [5.74, 6) is 0. The fourth-order valence-corrected chi connectivity index (χ4v) is 0.166. The second-order valence-corrected chi connectivity index (χ2v) is 3.49. The first-order chi connectivity index (χ1) is 5.74. The van der Waals surface area contributed by atoms with E-state index < -0.39 is 10.4 Å². The molecule has 6 N–H and O–H groups in total. The lowest BCUT2D eigenvalue weighted by Crippen LogP contribution is -2.41. The summed E-state index contributed by atoms with van der Waals surface area (Å²) >= 11 is 0. The van der Waals surface area contributed by atoms with Crippen molar-refractivity contribution in [2.75, 3.05) is 13.7 Å². The summed E-state index contributed by atoms with van der Waals surface area (Å²) in [7, 11) is -3.29. The van der Waals surface area contributed by atoms with Crippen molar-refractivity contribution in [1.29, 1.82) is 0 Å². The van der Waals surface area contributed by atoms with E-state index in [2.05, 4.69) is 4.18 Å². The Balaban J connectivity index is 0. The Hall–Kier alpha value is -0.250. The van der Waals surface area contributed by atoms with E-state index >= 15 is 0 Å². The van der Waals surface area contributed by atoms with Crippen molar-refractivity contribution in [3.05, 3.63) is 0 Å². The summed E-state index contributed by atoms with van der Waals surface area (Å²) in [6, 6.07) is -0.370. The predicted octanol–water partition coefficient (Wildman–Crippen LogP) is -1.91. The number of rotatable bonds is 3. The van der Waals surface area contributed by atoms with Crippen LogP contribution in [-0.2, 0) is 14.6 Å². The molecular weight excluding hydrogens is 200 g/mol. The van der Waals surface area contributed by atoms with E-state index in [9.17, 15) is 8.42 Å². The topological polar surface area (TPSA) is 136 Å². The lowest BCUT2D eigenvalue weighted by Gasteiger charge is -2.10. The summed E-state index contributed by atoms with van der Waals surface area (Å²) in [5.41, 5.74) is 10.5. The van der Waals surface area contributed by atoms with Gasteiger partial charge >= 0.3 is 10.4 Å². The third-order valence-corrected chi connectivity index (χ3v) is 1.52. The second-order valence-electron chi connectivity index (χ2n) is 2.30. The van der Waals surface area contributed by atoms with E-state index in [1.54, 1.807) is 6.92 Å². The Morgan fingerprint density at radius 3 is 1.77 bits per heavy atom. The zero-order valence-electron chi connectivity index (χ0n) is 7.54. The number of aliphatic hydroxyl groups is 1. The molecule has 0 aliphatic carbocycles. The normalized spacial score (nSPS) is 15.5. The quantitative estimate of drug-likeness (QED) is 0.404. The van der Waals surface area contributed by atoms with Gasteiger partial charge in [0.1, 0.15) is 0 Å². The Bertz CT molecular complexity index is 203. The van der Waals surface area contributed by atoms with Gasteiger partial charge in [-0.3, -0.25) is 8.74 Å². The van der Waals surface area contributed by atoms with Crippen LogP contribution in [0.15, 0.2) is 0 Å². The maximum Gasteiger partial charge on any atom is 0.397 e. The standard InChI is InChI=1S/C4H12N2O.CH4O4S/c1-3(5)4(6)2-7;1-5-6(2,3)4/h3-4,7H,2,5-6H2,1H3;1H3,(H,2,3,4). The van der Waals surface area contributed by atoms with Crippen molar-refractivity contribution in [3.63, 3.8) is 0 Å². The van der Waals surface area contributed by atoms with Crippen molar-refractivity contribution in [2.45, 2.75) is 19.0 Å².